The molecular formula is C25H23N3O3. The monoisotopic (exact) mass is 413 g/mol. The van der Waals surface area contributed by atoms with Crippen LogP contribution in [-0.4, -0.2) is 29.3 Å². The fraction of sp³-hybridized carbons (Fsp3) is 0.160. The summed E-state index contributed by atoms with van der Waals surface area (Å²) in [5.41, 5.74) is 3.32. The smallest absolute Gasteiger partial charge is 0.251 e. The first-order valence-electron chi connectivity index (χ1n) is 10.2. The minimum atomic E-state index is -0.127. The van der Waals surface area contributed by atoms with E-state index in [1.807, 2.05) is 73.7 Å². The Bertz CT molecular complexity index is 1140. The highest BCUT2D eigenvalue weighted by Gasteiger charge is 2.13. The van der Waals surface area contributed by atoms with Gasteiger partial charge in [0.2, 0.25) is 11.8 Å². The lowest BCUT2D eigenvalue weighted by molar-refractivity contribution is 0.0951. The Kier molecular flexibility index (Phi) is 6.38. The first kappa shape index (κ1) is 20.3. The van der Waals surface area contributed by atoms with Crippen molar-refractivity contribution in [2.45, 2.75) is 13.3 Å². The van der Waals surface area contributed by atoms with Gasteiger partial charge >= 0.3 is 0 Å². The maximum atomic E-state index is 12.3. The highest BCUT2D eigenvalue weighted by molar-refractivity contribution is 5.94. The zero-order valence-corrected chi connectivity index (χ0v) is 17.2. The number of nitrogens with zero attached hydrogens (tertiary/aromatic N) is 2. The molecule has 3 aromatic carbocycles. The third kappa shape index (κ3) is 5.17. The van der Waals surface area contributed by atoms with Gasteiger partial charge in [0.05, 0.1) is 6.61 Å². The fourth-order valence-electron chi connectivity index (χ4n) is 3.11. The molecule has 4 rings (SSSR count). The van der Waals surface area contributed by atoms with Crippen LogP contribution in [-0.2, 0) is 0 Å². The molecule has 1 N–H and O–H groups in total. The van der Waals surface area contributed by atoms with E-state index < -0.39 is 0 Å². The summed E-state index contributed by atoms with van der Waals surface area (Å²) >= 11 is 0. The maximum Gasteiger partial charge on any atom is 0.251 e. The summed E-state index contributed by atoms with van der Waals surface area (Å²) in [7, 11) is 0. The fourth-order valence-corrected chi connectivity index (χ4v) is 3.11. The van der Waals surface area contributed by atoms with Crippen LogP contribution in [0.5, 0.6) is 5.75 Å². The van der Waals surface area contributed by atoms with Gasteiger partial charge in [0.15, 0.2) is 0 Å². The second-order valence-corrected chi connectivity index (χ2v) is 7.08. The predicted molar refractivity (Wildman–Crippen MR) is 119 cm³/mol. The highest BCUT2D eigenvalue weighted by Crippen LogP contribution is 2.26. The quantitative estimate of drug-likeness (QED) is 0.415. The second kappa shape index (κ2) is 9.71. The zero-order chi connectivity index (χ0) is 21.5. The van der Waals surface area contributed by atoms with E-state index in [2.05, 4.69) is 15.5 Å². The first-order valence-corrected chi connectivity index (χ1v) is 10.2. The summed E-state index contributed by atoms with van der Waals surface area (Å²) in [6, 6.07) is 24.6. The number of amides is 1. The number of carbonyl (C=O) groups is 1. The zero-order valence-electron chi connectivity index (χ0n) is 17.2. The number of carbonyl (C=O) groups excluding carboxylic acids is 1. The number of aryl methyl sites for hydroxylation is 1. The minimum absolute atomic E-state index is 0.127. The molecule has 0 saturated heterocycles. The average Bonchev–Trinajstić information content (AvgIpc) is 3.30. The maximum absolute atomic E-state index is 12.3. The molecule has 4 aromatic rings. The van der Waals surface area contributed by atoms with E-state index in [-0.39, 0.29) is 5.91 Å². The Morgan fingerprint density at radius 3 is 2.39 bits per heavy atom. The van der Waals surface area contributed by atoms with Gasteiger partial charge in [-0.3, -0.25) is 4.79 Å². The molecule has 0 fully saturated rings. The van der Waals surface area contributed by atoms with E-state index in [4.69, 9.17) is 9.15 Å². The van der Waals surface area contributed by atoms with Crippen LogP contribution in [0.2, 0.25) is 0 Å². The lowest BCUT2D eigenvalue weighted by Crippen LogP contribution is -2.25. The van der Waals surface area contributed by atoms with Crippen molar-refractivity contribution in [3.63, 3.8) is 0 Å². The number of hydrogen-bond acceptors (Lipinski definition) is 5. The van der Waals surface area contributed by atoms with Crippen LogP contribution >= 0.6 is 0 Å². The summed E-state index contributed by atoms with van der Waals surface area (Å²) in [6.07, 6.45) is 0.725. The molecule has 6 heteroatoms. The number of ether oxygens (including phenoxy) is 1. The standard InChI is InChI=1S/C25H23N3O3/c1-18-8-5-6-11-22(18)25-28-27-24(31-25)20-14-12-19(13-15-20)23(29)26-16-7-17-30-21-9-3-2-4-10-21/h2-6,8-15H,7,16-17H2,1H3,(H,26,29). The third-order valence-electron chi connectivity index (χ3n) is 4.81. The molecule has 0 radical (unpaired) electrons. The van der Waals surface area contributed by atoms with Gasteiger partial charge < -0.3 is 14.5 Å². The Hall–Kier alpha value is -3.93. The Morgan fingerprint density at radius 1 is 0.903 bits per heavy atom. The summed E-state index contributed by atoms with van der Waals surface area (Å²) in [5, 5.41) is 11.2. The molecule has 6 nitrogen and oxygen atoms in total. The van der Waals surface area contributed by atoms with Crippen molar-refractivity contribution in [2.75, 3.05) is 13.2 Å². The van der Waals surface area contributed by atoms with Gasteiger partial charge in [0.1, 0.15) is 5.75 Å². The van der Waals surface area contributed by atoms with Crippen LogP contribution < -0.4 is 10.1 Å². The molecule has 1 amide bonds. The lowest BCUT2D eigenvalue weighted by Gasteiger charge is -2.07. The number of aromatic nitrogens is 2. The Morgan fingerprint density at radius 2 is 1.61 bits per heavy atom. The summed E-state index contributed by atoms with van der Waals surface area (Å²) in [5.74, 6) is 1.60. The Balaban J connectivity index is 1.30. The van der Waals surface area contributed by atoms with Crippen LogP contribution in [0.25, 0.3) is 22.9 Å². The van der Waals surface area contributed by atoms with E-state index in [1.165, 1.54) is 0 Å². The van der Waals surface area contributed by atoms with Gasteiger partial charge in [-0.25, -0.2) is 0 Å². The van der Waals surface area contributed by atoms with Gasteiger partial charge in [-0.1, -0.05) is 36.4 Å². The first-order chi connectivity index (χ1) is 15.2. The summed E-state index contributed by atoms with van der Waals surface area (Å²) in [6.45, 7) is 3.08. The largest absolute Gasteiger partial charge is 0.494 e. The second-order valence-electron chi connectivity index (χ2n) is 7.08. The normalized spacial score (nSPS) is 10.6. The molecule has 0 aliphatic carbocycles. The molecular weight excluding hydrogens is 390 g/mol. The molecule has 31 heavy (non-hydrogen) atoms. The van der Waals surface area contributed by atoms with Crippen molar-refractivity contribution < 1.29 is 13.9 Å². The van der Waals surface area contributed by atoms with Crippen LogP contribution in [0, 0.1) is 6.92 Å². The SMILES string of the molecule is Cc1ccccc1-c1nnc(-c2ccc(C(=O)NCCCOc3ccccc3)cc2)o1. The molecule has 156 valence electrons. The van der Waals surface area contributed by atoms with E-state index in [9.17, 15) is 4.79 Å². The van der Waals surface area contributed by atoms with E-state index >= 15 is 0 Å². The van der Waals surface area contributed by atoms with Crippen molar-refractivity contribution >= 4 is 5.91 Å². The summed E-state index contributed by atoms with van der Waals surface area (Å²) in [4.78, 5) is 12.3. The van der Waals surface area contributed by atoms with Gasteiger partial charge in [-0.15, -0.1) is 10.2 Å². The van der Waals surface area contributed by atoms with E-state index in [0.29, 0.717) is 30.5 Å². The molecule has 1 heterocycles. The van der Waals surface area contributed by atoms with Crippen molar-refractivity contribution in [1.29, 1.82) is 0 Å². The molecule has 0 atom stereocenters. The number of nitrogens with one attached hydrogen (secondary N) is 1. The number of para-hydroxylation sites is 1. The number of benzene rings is 3. The van der Waals surface area contributed by atoms with Crippen molar-refractivity contribution in [3.8, 4) is 28.7 Å². The molecule has 0 saturated carbocycles. The molecule has 1 aromatic heterocycles. The molecule has 0 aliphatic heterocycles. The third-order valence-corrected chi connectivity index (χ3v) is 4.81. The molecule has 0 spiro atoms. The molecule has 0 unspecified atom stereocenters. The van der Waals surface area contributed by atoms with Crippen molar-refractivity contribution in [1.82, 2.24) is 15.5 Å². The molecule has 0 bridgehead atoms. The van der Waals surface area contributed by atoms with Gasteiger partial charge in [0.25, 0.3) is 5.91 Å². The molecule has 0 aliphatic rings. The number of hydrogen-bond donors (Lipinski definition) is 1. The van der Waals surface area contributed by atoms with Gasteiger partial charge in [-0.2, -0.15) is 0 Å². The number of rotatable bonds is 8. The van der Waals surface area contributed by atoms with Crippen LogP contribution in [0.15, 0.2) is 83.3 Å². The Labute approximate surface area is 180 Å². The predicted octanol–water partition coefficient (Wildman–Crippen LogP) is 4.91. The lowest BCUT2D eigenvalue weighted by atomic mass is 10.1. The average molecular weight is 413 g/mol. The van der Waals surface area contributed by atoms with Gasteiger partial charge in [-0.05, 0) is 61.4 Å². The van der Waals surface area contributed by atoms with Crippen LogP contribution in [0.3, 0.4) is 0 Å². The van der Waals surface area contributed by atoms with E-state index in [0.717, 1.165) is 28.9 Å². The van der Waals surface area contributed by atoms with Crippen LogP contribution in [0.4, 0.5) is 0 Å². The van der Waals surface area contributed by atoms with Crippen molar-refractivity contribution in [3.05, 3.63) is 90.0 Å². The minimum Gasteiger partial charge on any atom is -0.494 e. The topological polar surface area (TPSA) is 77.2 Å². The van der Waals surface area contributed by atoms with E-state index in [1.54, 1.807) is 12.1 Å². The summed E-state index contributed by atoms with van der Waals surface area (Å²) < 4.78 is 11.5. The van der Waals surface area contributed by atoms with Crippen LogP contribution in [0.1, 0.15) is 22.3 Å². The van der Waals surface area contributed by atoms with Crippen molar-refractivity contribution in [2.24, 2.45) is 0 Å². The van der Waals surface area contributed by atoms with Gasteiger partial charge in [0, 0.05) is 23.2 Å². The highest BCUT2D eigenvalue weighted by atomic mass is 16.5.